The highest BCUT2D eigenvalue weighted by atomic mass is 16.5. The van der Waals surface area contributed by atoms with E-state index in [0.717, 1.165) is 111 Å². The number of hydrogen-bond acceptors (Lipinski definition) is 4. The quantitative estimate of drug-likeness (QED) is 0.169. The van der Waals surface area contributed by atoms with Crippen molar-refractivity contribution in [3.05, 3.63) is 158 Å². The zero-order chi connectivity index (χ0) is 35.1. The van der Waals surface area contributed by atoms with E-state index >= 15 is 0 Å². The van der Waals surface area contributed by atoms with Gasteiger partial charge in [-0.2, -0.15) is 0 Å². The number of aromatic nitrogens is 1. The predicted molar refractivity (Wildman–Crippen MR) is 218 cm³/mol. The van der Waals surface area contributed by atoms with Gasteiger partial charge in [0.2, 0.25) is 0 Å². The van der Waals surface area contributed by atoms with Crippen LogP contribution in [0, 0.1) is 0 Å². The van der Waals surface area contributed by atoms with Crippen LogP contribution in [0.25, 0.3) is 93.6 Å². The van der Waals surface area contributed by atoms with Crippen LogP contribution in [0.5, 0.6) is 17.2 Å². The standard InChI is InChI=1S/C48H26BNO4/c1-5-15-37-29(10-1)30-11-2-6-16-38(30)50(37)39-17-9-14-36-48(39)53-44-26-28(25-34-32-13-4-8-19-42(32)54-49(36)46(34)44)27-20-22-41-35(24-27)45-43(51-41)23-21-33-31-12-3-7-18-40(31)52-47(33)45/h1-26H. The number of nitrogens with zero attached hydrogens (tertiary/aromatic N) is 1. The van der Waals surface area contributed by atoms with E-state index in [1.165, 1.54) is 10.8 Å². The summed E-state index contributed by atoms with van der Waals surface area (Å²) < 4.78 is 29.3. The minimum absolute atomic E-state index is 0.336. The van der Waals surface area contributed by atoms with E-state index in [-0.39, 0.29) is 6.92 Å². The molecule has 0 unspecified atom stereocenters. The summed E-state index contributed by atoms with van der Waals surface area (Å²) in [5.74, 6) is 2.45. The fourth-order valence-electron chi connectivity index (χ4n) is 9.12. The number of rotatable bonds is 2. The highest BCUT2D eigenvalue weighted by molar-refractivity contribution is 6.84. The molecule has 13 rings (SSSR count). The van der Waals surface area contributed by atoms with Crippen LogP contribution in [0.4, 0.5) is 0 Å². The average Bonchev–Trinajstić information content (AvgIpc) is 3.90. The highest BCUT2D eigenvalue weighted by Gasteiger charge is 2.42. The van der Waals surface area contributed by atoms with Crippen molar-refractivity contribution in [1.82, 2.24) is 4.57 Å². The van der Waals surface area contributed by atoms with Gasteiger partial charge in [-0.25, -0.2) is 0 Å². The van der Waals surface area contributed by atoms with Gasteiger partial charge in [0.05, 0.1) is 22.1 Å². The molecule has 2 aliphatic rings. The first-order chi connectivity index (χ1) is 26.8. The number of hydrogen-bond donors (Lipinski definition) is 0. The van der Waals surface area contributed by atoms with Crippen molar-refractivity contribution in [3.8, 4) is 45.2 Å². The molecule has 6 heteroatoms. The Kier molecular flexibility index (Phi) is 5.39. The van der Waals surface area contributed by atoms with Crippen LogP contribution in [-0.2, 0) is 0 Å². The molecule has 8 aromatic carbocycles. The van der Waals surface area contributed by atoms with E-state index in [4.69, 9.17) is 18.2 Å². The van der Waals surface area contributed by atoms with Crippen LogP contribution in [-0.4, -0.2) is 11.5 Å². The topological polar surface area (TPSA) is 49.7 Å². The molecule has 250 valence electrons. The molecule has 2 aliphatic heterocycles. The van der Waals surface area contributed by atoms with Gasteiger partial charge >= 0.3 is 6.92 Å². The molecule has 0 aliphatic carbocycles. The molecule has 0 saturated heterocycles. The van der Waals surface area contributed by atoms with Gasteiger partial charge in [-0.3, -0.25) is 0 Å². The molecule has 0 spiro atoms. The van der Waals surface area contributed by atoms with E-state index in [0.29, 0.717) is 0 Å². The largest absolute Gasteiger partial charge is 0.551 e. The number of para-hydroxylation sites is 5. The van der Waals surface area contributed by atoms with E-state index in [2.05, 4.69) is 144 Å². The summed E-state index contributed by atoms with van der Waals surface area (Å²) in [7, 11) is 0. The SMILES string of the molecule is c1ccc2c(c1)OB1c3cccc(-n4c5ccccc5c5ccccc54)c3Oc3cc(-c4ccc5oc6ccc7c8ccccc8oc7c6c5c4)cc-2c31. The van der Waals surface area contributed by atoms with Gasteiger partial charge in [0.25, 0.3) is 0 Å². The smallest absolute Gasteiger partial charge is 0.434 e. The first-order valence-corrected chi connectivity index (χ1v) is 18.3. The fourth-order valence-corrected chi connectivity index (χ4v) is 9.12. The summed E-state index contributed by atoms with van der Waals surface area (Å²) in [6.07, 6.45) is 0. The summed E-state index contributed by atoms with van der Waals surface area (Å²) >= 11 is 0. The minimum atomic E-state index is -0.336. The minimum Gasteiger partial charge on any atom is -0.551 e. The molecule has 5 nitrogen and oxygen atoms in total. The normalized spacial score (nSPS) is 13.1. The number of benzene rings is 8. The van der Waals surface area contributed by atoms with E-state index in [1.54, 1.807) is 0 Å². The van der Waals surface area contributed by atoms with Gasteiger partial charge in [0, 0.05) is 43.4 Å². The average molecular weight is 692 g/mol. The lowest BCUT2D eigenvalue weighted by Crippen LogP contribution is -2.53. The molecule has 0 bridgehead atoms. The van der Waals surface area contributed by atoms with Crippen molar-refractivity contribution < 1.29 is 18.2 Å². The predicted octanol–water partition coefficient (Wildman–Crippen LogP) is 11.5. The van der Waals surface area contributed by atoms with Crippen LogP contribution in [0.2, 0.25) is 0 Å². The Morgan fingerprint density at radius 1 is 0.463 bits per heavy atom. The molecule has 0 amide bonds. The van der Waals surface area contributed by atoms with Crippen molar-refractivity contribution in [2.75, 3.05) is 0 Å². The molecule has 0 radical (unpaired) electrons. The zero-order valence-electron chi connectivity index (χ0n) is 28.7. The molecule has 11 aromatic rings. The van der Waals surface area contributed by atoms with Crippen molar-refractivity contribution in [2.24, 2.45) is 0 Å². The molecule has 0 saturated carbocycles. The molecular weight excluding hydrogens is 665 g/mol. The van der Waals surface area contributed by atoms with Gasteiger partial charge in [0.1, 0.15) is 39.6 Å². The molecule has 0 fully saturated rings. The Morgan fingerprint density at radius 3 is 2.07 bits per heavy atom. The maximum atomic E-state index is 7.15. The van der Waals surface area contributed by atoms with Gasteiger partial charge < -0.3 is 22.8 Å². The first kappa shape index (κ1) is 28.4. The lowest BCUT2D eigenvalue weighted by atomic mass is 9.50. The lowest BCUT2D eigenvalue weighted by molar-refractivity contribution is 0.478. The number of furan rings is 2. The second kappa shape index (κ2) is 10.2. The summed E-state index contributed by atoms with van der Waals surface area (Å²) in [5, 5.41) is 6.59. The van der Waals surface area contributed by atoms with Crippen molar-refractivity contribution >= 4 is 83.5 Å². The Labute approximate surface area is 308 Å². The molecule has 54 heavy (non-hydrogen) atoms. The second-order valence-electron chi connectivity index (χ2n) is 14.3. The van der Waals surface area contributed by atoms with E-state index in [1.807, 2.05) is 18.2 Å². The maximum Gasteiger partial charge on any atom is 0.434 e. The Hall–Kier alpha value is -7.18. The summed E-state index contributed by atoms with van der Waals surface area (Å²) in [6, 6.07) is 55.1. The molecule has 3 aromatic heterocycles. The Balaban J connectivity index is 1.05. The van der Waals surface area contributed by atoms with Crippen LogP contribution < -0.4 is 20.3 Å². The fraction of sp³-hybridized carbons (Fsp3) is 0. The number of fused-ring (bicyclic) bond motifs is 14. The van der Waals surface area contributed by atoms with Crippen molar-refractivity contribution in [2.45, 2.75) is 0 Å². The maximum absolute atomic E-state index is 7.15. The van der Waals surface area contributed by atoms with Gasteiger partial charge in [-0.1, -0.05) is 91.0 Å². The summed E-state index contributed by atoms with van der Waals surface area (Å²) in [6.45, 7) is -0.336. The van der Waals surface area contributed by atoms with Crippen LogP contribution >= 0.6 is 0 Å². The van der Waals surface area contributed by atoms with Crippen LogP contribution in [0.1, 0.15) is 0 Å². The van der Waals surface area contributed by atoms with Crippen molar-refractivity contribution in [1.29, 1.82) is 0 Å². The Bertz CT molecular complexity index is 3370. The molecule has 0 atom stereocenters. The zero-order valence-corrected chi connectivity index (χ0v) is 28.7. The van der Waals surface area contributed by atoms with Crippen LogP contribution in [0.3, 0.4) is 0 Å². The summed E-state index contributed by atoms with van der Waals surface area (Å²) in [5.41, 5.74) is 12.9. The van der Waals surface area contributed by atoms with Crippen LogP contribution in [0.15, 0.2) is 167 Å². The van der Waals surface area contributed by atoms with E-state index < -0.39 is 0 Å². The Morgan fingerprint density at radius 2 is 1.20 bits per heavy atom. The molecule has 5 heterocycles. The lowest BCUT2D eigenvalue weighted by Gasteiger charge is -2.34. The van der Waals surface area contributed by atoms with Gasteiger partial charge in [0.15, 0.2) is 0 Å². The van der Waals surface area contributed by atoms with Gasteiger partial charge in [-0.05, 0) is 83.4 Å². The third-order valence-corrected chi connectivity index (χ3v) is 11.5. The molecular formula is C48H26BNO4. The van der Waals surface area contributed by atoms with Crippen molar-refractivity contribution in [3.63, 3.8) is 0 Å². The monoisotopic (exact) mass is 691 g/mol. The summed E-state index contributed by atoms with van der Waals surface area (Å²) in [4.78, 5) is 0. The highest BCUT2D eigenvalue weighted by Crippen LogP contribution is 2.45. The third kappa shape index (κ3) is 3.69. The third-order valence-electron chi connectivity index (χ3n) is 11.5. The second-order valence-corrected chi connectivity index (χ2v) is 14.3. The molecule has 0 N–H and O–H groups in total. The number of ether oxygens (including phenoxy) is 1. The first-order valence-electron chi connectivity index (χ1n) is 18.3. The van der Waals surface area contributed by atoms with E-state index in [9.17, 15) is 0 Å². The van der Waals surface area contributed by atoms with Gasteiger partial charge in [-0.15, -0.1) is 0 Å².